The number of fused-ring (bicyclic) bond motifs is 1. The van der Waals surface area contributed by atoms with Gasteiger partial charge in [0.15, 0.2) is 0 Å². The molecule has 0 N–H and O–H groups in total. The topological polar surface area (TPSA) is 9.23 Å². The Balaban J connectivity index is 1.98. The van der Waals surface area contributed by atoms with E-state index in [1.54, 1.807) is 0 Å². The van der Waals surface area contributed by atoms with Gasteiger partial charge in [-0.25, -0.2) is 0 Å². The molecular weight excluding hydrogens is 359 g/mol. The van der Waals surface area contributed by atoms with Gasteiger partial charge >= 0.3 is 0 Å². The van der Waals surface area contributed by atoms with Crippen molar-refractivity contribution in [1.29, 1.82) is 0 Å². The summed E-state index contributed by atoms with van der Waals surface area (Å²) in [6.07, 6.45) is 2.10. The molecule has 1 heterocycles. The van der Waals surface area contributed by atoms with Crippen LogP contribution in [-0.4, -0.2) is 6.61 Å². The fourth-order valence-corrected chi connectivity index (χ4v) is 3.42. The number of hydrogen-bond acceptors (Lipinski definition) is 1. The molecule has 1 unspecified atom stereocenters. The van der Waals surface area contributed by atoms with E-state index in [4.69, 9.17) is 27.9 Å². The molecule has 0 aromatic heterocycles. The third-order valence-electron chi connectivity index (χ3n) is 3.48. The van der Waals surface area contributed by atoms with E-state index in [-0.39, 0.29) is 5.38 Å². The maximum atomic E-state index is 6.61. The Labute approximate surface area is 137 Å². The van der Waals surface area contributed by atoms with Crippen LogP contribution < -0.4 is 4.74 Å². The van der Waals surface area contributed by atoms with Crippen LogP contribution in [0.15, 0.2) is 40.9 Å². The van der Waals surface area contributed by atoms with E-state index in [9.17, 15) is 0 Å². The zero-order valence-electron chi connectivity index (χ0n) is 10.7. The summed E-state index contributed by atoms with van der Waals surface area (Å²) in [6, 6.07) is 12.0. The van der Waals surface area contributed by atoms with Gasteiger partial charge in [-0.2, -0.15) is 0 Å². The van der Waals surface area contributed by atoms with Crippen molar-refractivity contribution in [3.8, 4) is 5.75 Å². The standard InChI is InChI=1S/C16H13BrCl2O/c17-13-5-1-4-12(16(13)19)15(18)11-6-7-14-10(9-11)3-2-8-20-14/h1,4-7,9,15H,2-3,8H2. The lowest BCUT2D eigenvalue weighted by atomic mass is 9.98. The second kappa shape index (κ2) is 5.97. The SMILES string of the molecule is Clc1c(Br)cccc1C(Cl)c1ccc2c(c1)CCCO2. The first-order chi connectivity index (χ1) is 9.66. The molecule has 0 radical (unpaired) electrons. The maximum Gasteiger partial charge on any atom is 0.122 e. The molecule has 1 nitrogen and oxygen atoms in total. The highest BCUT2D eigenvalue weighted by molar-refractivity contribution is 9.10. The van der Waals surface area contributed by atoms with Crippen LogP contribution >= 0.6 is 39.1 Å². The van der Waals surface area contributed by atoms with Crippen LogP contribution in [0.2, 0.25) is 5.02 Å². The summed E-state index contributed by atoms with van der Waals surface area (Å²) < 4.78 is 6.49. The third-order valence-corrected chi connectivity index (χ3v) is 5.28. The number of halogens is 3. The summed E-state index contributed by atoms with van der Waals surface area (Å²) in [7, 11) is 0. The lowest BCUT2D eigenvalue weighted by molar-refractivity contribution is 0.288. The second-order valence-electron chi connectivity index (χ2n) is 4.82. The van der Waals surface area contributed by atoms with Gasteiger partial charge in [0.25, 0.3) is 0 Å². The van der Waals surface area contributed by atoms with Crippen LogP contribution in [0.4, 0.5) is 0 Å². The lowest BCUT2D eigenvalue weighted by Crippen LogP contribution is -2.09. The van der Waals surface area contributed by atoms with Gasteiger partial charge in [0.05, 0.1) is 17.0 Å². The molecule has 0 fully saturated rings. The molecule has 0 amide bonds. The molecule has 1 atom stereocenters. The van der Waals surface area contributed by atoms with E-state index in [1.165, 1.54) is 5.56 Å². The highest BCUT2D eigenvalue weighted by Crippen LogP contribution is 2.38. The van der Waals surface area contributed by atoms with Gasteiger partial charge in [-0.3, -0.25) is 0 Å². The molecule has 0 spiro atoms. The van der Waals surface area contributed by atoms with Crippen LogP contribution in [0, 0.1) is 0 Å². The number of hydrogen-bond donors (Lipinski definition) is 0. The first-order valence-corrected chi connectivity index (χ1v) is 8.11. The highest BCUT2D eigenvalue weighted by atomic mass is 79.9. The van der Waals surface area contributed by atoms with E-state index < -0.39 is 0 Å². The molecule has 104 valence electrons. The summed E-state index contributed by atoms with van der Waals surface area (Å²) in [5.41, 5.74) is 3.20. The predicted octanol–water partition coefficient (Wildman–Crippen LogP) is 5.76. The van der Waals surface area contributed by atoms with Gasteiger partial charge < -0.3 is 4.74 Å². The van der Waals surface area contributed by atoms with E-state index in [1.807, 2.05) is 30.3 Å². The Bertz CT molecular complexity index is 642. The van der Waals surface area contributed by atoms with Gasteiger partial charge in [-0.15, -0.1) is 11.6 Å². The first-order valence-electron chi connectivity index (χ1n) is 6.50. The van der Waals surface area contributed by atoms with Crippen molar-refractivity contribution in [1.82, 2.24) is 0 Å². The predicted molar refractivity (Wildman–Crippen MR) is 87.1 cm³/mol. The van der Waals surface area contributed by atoms with Crippen molar-refractivity contribution in [3.05, 3.63) is 62.6 Å². The first kappa shape index (κ1) is 14.2. The Morgan fingerprint density at radius 2 is 2.05 bits per heavy atom. The van der Waals surface area contributed by atoms with E-state index >= 15 is 0 Å². The minimum atomic E-state index is -0.257. The van der Waals surface area contributed by atoms with Crippen molar-refractivity contribution in [2.45, 2.75) is 18.2 Å². The smallest absolute Gasteiger partial charge is 0.122 e. The fourth-order valence-electron chi connectivity index (χ4n) is 2.43. The summed E-state index contributed by atoms with van der Waals surface area (Å²) in [4.78, 5) is 0. The zero-order chi connectivity index (χ0) is 14.1. The molecule has 4 heteroatoms. The van der Waals surface area contributed by atoms with Gasteiger partial charge in [-0.1, -0.05) is 35.9 Å². The average molecular weight is 372 g/mol. The molecule has 20 heavy (non-hydrogen) atoms. The minimum Gasteiger partial charge on any atom is -0.493 e. The quantitative estimate of drug-likeness (QED) is 0.610. The average Bonchev–Trinajstić information content (AvgIpc) is 2.49. The third kappa shape index (κ3) is 2.69. The number of aryl methyl sites for hydroxylation is 1. The van der Waals surface area contributed by atoms with Crippen LogP contribution in [0.25, 0.3) is 0 Å². The Hall–Kier alpha value is -0.700. The molecule has 0 aliphatic carbocycles. The van der Waals surface area contributed by atoms with E-state index in [2.05, 4.69) is 22.0 Å². The number of ether oxygens (including phenoxy) is 1. The second-order valence-corrected chi connectivity index (χ2v) is 6.49. The molecule has 0 bridgehead atoms. The Kier molecular flexibility index (Phi) is 4.25. The van der Waals surface area contributed by atoms with Gasteiger partial charge in [0, 0.05) is 4.47 Å². The monoisotopic (exact) mass is 370 g/mol. The molecule has 0 saturated carbocycles. The van der Waals surface area contributed by atoms with Gasteiger partial charge in [0.2, 0.25) is 0 Å². The molecule has 1 aliphatic heterocycles. The molecule has 2 aromatic carbocycles. The van der Waals surface area contributed by atoms with Crippen LogP contribution in [0.5, 0.6) is 5.75 Å². The van der Waals surface area contributed by atoms with Crippen LogP contribution in [0.1, 0.15) is 28.5 Å². The largest absolute Gasteiger partial charge is 0.493 e. The number of rotatable bonds is 2. The number of alkyl halides is 1. The van der Waals surface area contributed by atoms with Gasteiger partial charge in [0.1, 0.15) is 5.75 Å². The Morgan fingerprint density at radius 3 is 2.90 bits per heavy atom. The highest BCUT2D eigenvalue weighted by Gasteiger charge is 2.18. The normalized spacial score (nSPS) is 15.3. The number of benzene rings is 2. The lowest BCUT2D eigenvalue weighted by Gasteiger charge is -2.20. The van der Waals surface area contributed by atoms with Crippen molar-refractivity contribution in [2.75, 3.05) is 6.61 Å². The van der Waals surface area contributed by atoms with Gasteiger partial charge in [-0.05, 0) is 57.6 Å². The maximum absolute atomic E-state index is 6.61. The fraction of sp³-hybridized carbons (Fsp3) is 0.250. The molecule has 1 aliphatic rings. The molecule has 3 rings (SSSR count). The van der Waals surface area contributed by atoms with Crippen molar-refractivity contribution >= 4 is 39.1 Å². The van der Waals surface area contributed by atoms with Crippen LogP contribution in [-0.2, 0) is 6.42 Å². The summed E-state index contributed by atoms with van der Waals surface area (Å²) in [5.74, 6) is 0.976. The van der Waals surface area contributed by atoms with E-state index in [0.29, 0.717) is 5.02 Å². The molecule has 0 saturated heterocycles. The Morgan fingerprint density at radius 1 is 1.20 bits per heavy atom. The van der Waals surface area contributed by atoms with Crippen LogP contribution in [0.3, 0.4) is 0 Å². The van der Waals surface area contributed by atoms with Crippen molar-refractivity contribution in [3.63, 3.8) is 0 Å². The summed E-state index contributed by atoms with van der Waals surface area (Å²) in [5, 5.41) is 0.411. The summed E-state index contributed by atoms with van der Waals surface area (Å²) in [6.45, 7) is 0.800. The van der Waals surface area contributed by atoms with Crippen molar-refractivity contribution in [2.24, 2.45) is 0 Å². The minimum absolute atomic E-state index is 0.257. The summed E-state index contributed by atoms with van der Waals surface area (Å²) >= 11 is 16.4. The molecular formula is C16H13BrCl2O. The zero-order valence-corrected chi connectivity index (χ0v) is 13.8. The van der Waals surface area contributed by atoms with Crippen molar-refractivity contribution < 1.29 is 4.74 Å². The van der Waals surface area contributed by atoms with E-state index in [0.717, 1.165) is 40.8 Å². The molecule has 2 aromatic rings.